The van der Waals surface area contributed by atoms with E-state index in [9.17, 15) is 4.79 Å². The highest BCUT2D eigenvalue weighted by Crippen LogP contribution is 2.30. The molecule has 1 aromatic carbocycles. The summed E-state index contributed by atoms with van der Waals surface area (Å²) in [4.78, 5) is 18.8. The number of H-pyrrole nitrogens is 1. The highest BCUT2D eigenvalue weighted by Gasteiger charge is 2.08. The molecule has 2 heterocycles. The third kappa shape index (κ3) is 2.16. The van der Waals surface area contributed by atoms with Crippen LogP contribution in [0.5, 0.6) is 0 Å². The second kappa shape index (κ2) is 4.81. The molecule has 2 N–H and O–H groups in total. The molecule has 0 atom stereocenters. The Morgan fingerprint density at radius 3 is 2.95 bits per heavy atom. The molecule has 0 aliphatic carbocycles. The first-order valence-corrected chi connectivity index (χ1v) is 6.46. The number of rotatable bonds is 2. The van der Waals surface area contributed by atoms with Crippen molar-refractivity contribution in [3.63, 3.8) is 0 Å². The zero-order valence-corrected chi connectivity index (χ0v) is 11.4. The predicted octanol–water partition coefficient (Wildman–Crippen LogP) is 3.50. The van der Waals surface area contributed by atoms with E-state index < -0.39 is 0 Å². The Bertz CT molecular complexity index is 789. The van der Waals surface area contributed by atoms with Crippen LogP contribution in [-0.2, 0) is 4.79 Å². The molecule has 1 amide bonds. The number of aromatic amines is 1. The molecule has 2 aromatic heterocycles. The van der Waals surface area contributed by atoms with Crippen LogP contribution in [0.4, 0.5) is 5.69 Å². The number of hydrogen-bond acceptors (Lipinski definition) is 2. The summed E-state index contributed by atoms with van der Waals surface area (Å²) in [5, 5.41) is 3.94. The van der Waals surface area contributed by atoms with Crippen LogP contribution in [0.15, 0.2) is 42.7 Å². The van der Waals surface area contributed by atoms with Crippen LogP contribution >= 0.6 is 0 Å². The lowest BCUT2D eigenvalue weighted by molar-refractivity contribution is -0.114. The number of aryl methyl sites for hydroxylation is 1. The summed E-state index contributed by atoms with van der Waals surface area (Å²) in [5.41, 5.74) is 4.91. The fraction of sp³-hybridized carbons (Fsp3) is 0.125. The van der Waals surface area contributed by atoms with Crippen LogP contribution in [-0.4, -0.2) is 15.9 Å². The van der Waals surface area contributed by atoms with Crippen molar-refractivity contribution in [1.82, 2.24) is 9.97 Å². The molecule has 3 rings (SSSR count). The van der Waals surface area contributed by atoms with E-state index >= 15 is 0 Å². The minimum atomic E-state index is -0.0732. The molecule has 4 heteroatoms. The largest absolute Gasteiger partial charge is 0.360 e. The Kier molecular flexibility index (Phi) is 2.99. The van der Waals surface area contributed by atoms with Gasteiger partial charge in [0.2, 0.25) is 5.91 Å². The van der Waals surface area contributed by atoms with Crippen molar-refractivity contribution >= 4 is 22.5 Å². The fourth-order valence-electron chi connectivity index (χ4n) is 2.39. The van der Waals surface area contributed by atoms with Crippen LogP contribution in [0, 0.1) is 6.92 Å². The predicted molar refractivity (Wildman–Crippen MR) is 80.6 cm³/mol. The SMILES string of the molecule is CC(=O)Nc1cccc(-c2cnc(C)c3[nH]ccc23)c1. The summed E-state index contributed by atoms with van der Waals surface area (Å²) in [6, 6.07) is 9.83. The second-order valence-corrected chi connectivity index (χ2v) is 4.79. The Hall–Kier alpha value is -2.62. The number of nitrogens with one attached hydrogen (secondary N) is 2. The number of carbonyl (C=O) groups is 1. The highest BCUT2D eigenvalue weighted by atomic mass is 16.1. The number of fused-ring (bicyclic) bond motifs is 1. The minimum Gasteiger partial charge on any atom is -0.360 e. The number of anilines is 1. The molecule has 100 valence electrons. The molecule has 0 aliphatic heterocycles. The van der Waals surface area contributed by atoms with Crippen molar-refractivity contribution < 1.29 is 4.79 Å². The first-order valence-electron chi connectivity index (χ1n) is 6.46. The molecular weight excluding hydrogens is 250 g/mol. The van der Waals surface area contributed by atoms with Gasteiger partial charge < -0.3 is 10.3 Å². The van der Waals surface area contributed by atoms with Gasteiger partial charge in [-0.2, -0.15) is 0 Å². The second-order valence-electron chi connectivity index (χ2n) is 4.79. The molecular formula is C16H15N3O. The Morgan fingerprint density at radius 1 is 1.30 bits per heavy atom. The number of aromatic nitrogens is 2. The molecule has 0 saturated carbocycles. The van der Waals surface area contributed by atoms with Crippen molar-refractivity contribution in [2.45, 2.75) is 13.8 Å². The van der Waals surface area contributed by atoms with Gasteiger partial charge in [-0.25, -0.2) is 0 Å². The van der Waals surface area contributed by atoms with Gasteiger partial charge in [-0.3, -0.25) is 9.78 Å². The van der Waals surface area contributed by atoms with Crippen molar-refractivity contribution in [3.05, 3.63) is 48.4 Å². The van der Waals surface area contributed by atoms with Gasteiger partial charge in [-0.05, 0) is 30.7 Å². The van der Waals surface area contributed by atoms with Gasteiger partial charge in [0.1, 0.15) is 0 Å². The zero-order chi connectivity index (χ0) is 14.1. The number of amides is 1. The summed E-state index contributed by atoms with van der Waals surface area (Å²) < 4.78 is 0. The van der Waals surface area contributed by atoms with Crippen LogP contribution in [0.3, 0.4) is 0 Å². The van der Waals surface area contributed by atoms with Gasteiger partial charge in [-0.1, -0.05) is 12.1 Å². The Balaban J connectivity index is 2.13. The number of hydrogen-bond donors (Lipinski definition) is 2. The highest BCUT2D eigenvalue weighted by molar-refractivity contribution is 5.97. The molecule has 0 unspecified atom stereocenters. The molecule has 0 saturated heterocycles. The number of benzene rings is 1. The summed E-state index contributed by atoms with van der Waals surface area (Å²) in [6.45, 7) is 3.49. The van der Waals surface area contributed by atoms with Crippen molar-refractivity contribution in [2.75, 3.05) is 5.32 Å². The molecule has 0 aliphatic rings. The van der Waals surface area contributed by atoms with Crippen LogP contribution in [0.2, 0.25) is 0 Å². The van der Waals surface area contributed by atoms with E-state index in [1.807, 2.05) is 49.6 Å². The van der Waals surface area contributed by atoms with Gasteiger partial charge in [0.05, 0.1) is 11.2 Å². The summed E-state index contributed by atoms with van der Waals surface area (Å²) >= 11 is 0. The number of pyridine rings is 1. The molecule has 0 fully saturated rings. The van der Waals surface area contributed by atoms with E-state index in [1.165, 1.54) is 6.92 Å². The summed E-state index contributed by atoms with van der Waals surface area (Å²) in [5.74, 6) is -0.0732. The van der Waals surface area contributed by atoms with Gasteiger partial charge in [0.25, 0.3) is 0 Å². The average Bonchev–Trinajstić information content (AvgIpc) is 2.89. The van der Waals surface area contributed by atoms with Crippen molar-refractivity contribution in [3.8, 4) is 11.1 Å². The standard InChI is InChI=1S/C16H15N3O/c1-10-16-14(6-7-17-16)15(9-18-10)12-4-3-5-13(8-12)19-11(2)20/h3-9,17H,1-2H3,(H,19,20). The lowest BCUT2D eigenvalue weighted by Crippen LogP contribution is -2.05. The summed E-state index contributed by atoms with van der Waals surface area (Å²) in [6.07, 6.45) is 3.79. The lowest BCUT2D eigenvalue weighted by atomic mass is 10.0. The van der Waals surface area contributed by atoms with Crippen LogP contribution in [0.1, 0.15) is 12.6 Å². The maximum atomic E-state index is 11.1. The molecule has 20 heavy (non-hydrogen) atoms. The maximum Gasteiger partial charge on any atom is 0.221 e. The topological polar surface area (TPSA) is 57.8 Å². The molecule has 0 radical (unpaired) electrons. The normalized spacial score (nSPS) is 10.7. The van der Waals surface area contributed by atoms with Gasteiger partial charge in [0.15, 0.2) is 0 Å². The van der Waals surface area contributed by atoms with Crippen LogP contribution < -0.4 is 5.32 Å². The number of nitrogens with zero attached hydrogens (tertiary/aromatic N) is 1. The molecule has 0 bridgehead atoms. The summed E-state index contributed by atoms with van der Waals surface area (Å²) in [7, 11) is 0. The van der Waals surface area contributed by atoms with Crippen molar-refractivity contribution in [2.24, 2.45) is 0 Å². The third-order valence-corrected chi connectivity index (χ3v) is 3.28. The monoisotopic (exact) mass is 265 g/mol. The van der Waals surface area contributed by atoms with Crippen molar-refractivity contribution in [1.29, 1.82) is 0 Å². The van der Waals surface area contributed by atoms with E-state index in [0.717, 1.165) is 33.4 Å². The Morgan fingerprint density at radius 2 is 2.15 bits per heavy atom. The molecule has 0 spiro atoms. The number of carbonyl (C=O) groups excluding carboxylic acids is 1. The lowest BCUT2D eigenvalue weighted by Gasteiger charge is -2.08. The van der Waals surface area contributed by atoms with E-state index in [0.29, 0.717) is 0 Å². The fourth-order valence-corrected chi connectivity index (χ4v) is 2.39. The van der Waals surface area contributed by atoms with E-state index in [1.54, 1.807) is 0 Å². The zero-order valence-electron chi connectivity index (χ0n) is 11.4. The van der Waals surface area contributed by atoms with Gasteiger partial charge >= 0.3 is 0 Å². The van der Waals surface area contributed by atoms with Crippen LogP contribution in [0.25, 0.3) is 22.0 Å². The average molecular weight is 265 g/mol. The maximum absolute atomic E-state index is 11.1. The molecule has 4 nitrogen and oxygen atoms in total. The van der Waals surface area contributed by atoms with E-state index in [4.69, 9.17) is 0 Å². The Labute approximate surface area is 116 Å². The third-order valence-electron chi connectivity index (χ3n) is 3.28. The van der Waals surface area contributed by atoms with E-state index in [2.05, 4.69) is 15.3 Å². The van der Waals surface area contributed by atoms with E-state index in [-0.39, 0.29) is 5.91 Å². The van der Waals surface area contributed by atoms with Gasteiger partial charge in [-0.15, -0.1) is 0 Å². The quantitative estimate of drug-likeness (QED) is 0.745. The minimum absolute atomic E-state index is 0.0732. The first-order chi connectivity index (χ1) is 9.65. The molecule has 3 aromatic rings. The first kappa shape index (κ1) is 12.4. The smallest absolute Gasteiger partial charge is 0.221 e. The van der Waals surface area contributed by atoms with Gasteiger partial charge in [0, 0.05) is 36.0 Å².